The summed E-state index contributed by atoms with van der Waals surface area (Å²) >= 11 is 0. The largest absolute Gasteiger partial charge is 0.412 e. The van der Waals surface area contributed by atoms with E-state index in [4.69, 9.17) is 0 Å². The van der Waals surface area contributed by atoms with Crippen molar-refractivity contribution in [2.24, 2.45) is 0 Å². The number of hydrogen-bond acceptors (Lipinski definition) is 3. The van der Waals surface area contributed by atoms with Crippen LogP contribution in [0.5, 0.6) is 0 Å². The standard InChI is InChI=1S/C10H7N3O/c14-13-6-8-7-3-1-2-4-9(7)11-5-10(8)12-13/h1-6,14H. The van der Waals surface area contributed by atoms with E-state index in [0.717, 1.165) is 21.1 Å². The van der Waals surface area contributed by atoms with Gasteiger partial charge in [-0.2, -0.15) is 0 Å². The first-order chi connectivity index (χ1) is 6.84. The minimum absolute atomic E-state index is 0.700. The molecule has 0 saturated heterocycles. The lowest BCUT2D eigenvalue weighted by molar-refractivity contribution is 0.151. The van der Waals surface area contributed by atoms with Gasteiger partial charge in [-0.15, -0.1) is 9.94 Å². The molecule has 0 saturated carbocycles. The van der Waals surface area contributed by atoms with E-state index in [9.17, 15) is 5.21 Å². The first-order valence-corrected chi connectivity index (χ1v) is 4.27. The Kier molecular flexibility index (Phi) is 1.28. The summed E-state index contributed by atoms with van der Waals surface area (Å²) in [5, 5.41) is 15.0. The van der Waals surface area contributed by atoms with Crippen LogP contribution in [0.1, 0.15) is 0 Å². The zero-order chi connectivity index (χ0) is 9.54. The number of aromatic nitrogens is 3. The summed E-state index contributed by atoms with van der Waals surface area (Å²) in [6.07, 6.45) is 3.24. The fourth-order valence-electron chi connectivity index (χ4n) is 1.62. The normalized spacial score (nSPS) is 11.1. The van der Waals surface area contributed by atoms with Crippen LogP contribution in [0.15, 0.2) is 36.7 Å². The van der Waals surface area contributed by atoms with Gasteiger partial charge in [0.05, 0.1) is 17.9 Å². The maximum absolute atomic E-state index is 9.19. The summed E-state index contributed by atoms with van der Waals surface area (Å²) in [6.45, 7) is 0. The van der Waals surface area contributed by atoms with Gasteiger partial charge in [0.15, 0.2) is 0 Å². The molecule has 3 rings (SSSR count). The van der Waals surface area contributed by atoms with Crippen molar-refractivity contribution >= 4 is 21.8 Å². The van der Waals surface area contributed by atoms with Crippen molar-refractivity contribution < 1.29 is 5.21 Å². The van der Waals surface area contributed by atoms with Crippen molar-refractivity contribution in [2.45, 2.75) is 0 Å². The minimum Gasteiger partial charge on any atom is -0.412 e. The van der Waals surface area contributed by atoms with Crippen LogP contribution in [0.2, 0.25) is 0 Å². The second-order valence-electron chi connectivity index (χ2n) is 3.12. The molecule has 0 amide bonds. The molecule has 0 fully saturated rings. The average molecular weight is 185 g/mol. The molecule has 0 bridgehead atoms. The summed E-state index contributed by atoms with van der Waals surface area (Å²) < 4.78 is 0. The van der Waals surface area contributed by atoms with Gasteiger partial charge in [0.1, 0.15) is 5.52 Å². The molecule has 0 atom stereocenters. The third-order valence-corrected chi connectivity index (χ3v) is 2.25. The van der Waals surface area contributed by atoms with Crippen LogP contribution < -0.4 is 0 Å². The molecular weight excluding hydrogens is 178 g/mol. The zero-order valence-electron chi connectivity index (χ0n) is 7.25. The van der Waals surface area contributed by atoms with Crippen LogP contribution in [-0.2, 0) is 0 Å². The predicted molar refractivity (Wildman–Crippen MR) is 52.2 cm³/mol. The van der Waals surface area contributed by atoms with E-state index < -0.39 is 0 Å². The molecule has 1 aromatic carbocycles. The van der Waals surface area contributed by atoms with Gasteiger partial charge in [-0.25, -0.2) is 0 Å². The quantitative estimate of drug-likeness (QED) is 0.543. The molecule has 2 heterocycles. The average Bonchev–Trinajstić information content (AvgIpc) is 2.59. The lowest BCUT2D eigenvalue weighted by atomic mass is 10.1. The van der Waals surface area contributed by atoms with Crippen LogP contribution in [0, 0.1) is 0 Å². The molecule has 0 spiro atoms. The van der Waals surface area contributed by atoms with Crippen LogP contribution in [0.4, 0.5) is 0 Å². The Morgan fingerprint density at radius 3 is 2.86 bits per heavy atom. The Bertz CT molecular complexity index is 615. The number of hydrogen-bond donors (Lipinski definition) is 1. The van der Waals surface area contributed by atoms with Gasteiger partial charge < -0.3 is 5.21 Å². The number of nitrogens with zero attached hydrogens (tertiary/aromatic N) is 3. The third kappa shape index (κ3) is 0.877. The van der Waals surface area contributed by atoms with Crippen molar-refractivity contribution in [3.8, 4) is 0 Å². The highest BCUT2D eigenvalue weighted by Gasteiger charge is 2.04. The fraction of sp³-hybridized carbons (Fsp3) is 0. The Labute approximate surface area is 79.4 Å². The van der Waals surface area contributed by atoms with E-state index in [2.05, 4.69) is 10.1 Å². The van der Waals surface area contributed by atoms with Gasteiger partial charge in [0.25, 0.3) is 0 Å². The molecule has 0 aliphatic rings. The van der Waals surface area contributed by atoms with Crippen LogP contribution in [0.3, 0.4) is 0 Å². The van der Waals surface area contributed by atoms with E-state index in [0.29, 0.717) is 5.52 Å². The lowest BCUT2D eigenvalue weighted by Crippen LogP contribution is -1.87. The molecule has 1 N–H and O–H groups in total. The van der Waals surface area contributed by atoms with Crippen molar-refractivity contribution in [1.82, 2.24) is 14.9 Å². The van der Waals surface area contributed by atoms with Crippen LogP contribution in [0.25, 0.3) is 21.8 Å². The summed E-state index contributed by atoms with van der Waals surface area (Å²) in [6, 6.07) is 7.78. The second kappa shape index (κ2) is 2.45. The number of benzene rings is 1. The van der Waals surface area contributed by atoms with Gasteiger partial charge in [0, 0.05) is 10.8 Å². The predicted octanol–water partition coefficient (Wildman–Crippen LogP) is 1.82. The molecule has 3 aromatic rings. The smallest absolute Gasteiger partial charge is 0.115 e. The summed E-state index contributed by atoms with van der Waals surface area (Å²) in [5.74, 6) is 0. The molecule has 0 unspecified atom stereocenters. The Balaban J connectivity index is 2.60. The van der Waals surface area contributed by atoms with E-state index in [-0.39, 0.29) is 0 Å². The first-order valence-electron chi connectivity index (χ1n) is 4.27. The van der Waals surface area contributed by atoms with Crippen molar-refractivity contribution in [1.29, 1.82) is 0 Å². The molecular formula is C10H7N3O. The molecule has 0 aliphatic carbocycles. The van der Waals surface area contributed by atoms with Gasteiger partial charge in [-0.3, -0.25) is 4.98 Å². The number of rotatable bonds is 0. The highest BCUT2D eigenvalue weighted by Crippen LogP contribution is 2.21. The van der Waals surface area contributed by atoms with Crippen molar-refractivity contribution in [2.75, 3.05) is 0 Å². The number of para-hydroxylation sites is 1. The van der Waals surface area contributed by atoms with Crippen LogP contribution >= 0.6 is 0 Å². The molecule has 14 heavy (non-hydrogen) atoms. The highest BCUT2D eigenvalue weighted by molar-refractivity contribution is 6.03. The zero-order valence-corrected chi connectivity index (χ0v) is 7.25. The summed E-state index contributed by atoms with van der Waals surface area (Å²) in [5.41, 5.74) is 1.61. The van der Waals surface area contributed by atoms with E-state index in [1.807, 2.05) is 24.3 Å². The monoisotopic (exact) mass is 185 g/mol. The SMILES string of the molecule is On1cc2c(cnc3ccccc32)n1. The molecule has 68 valence electrons. The molecule has 2 aromatic heterocycles. The maximum Gasteiger partial charge on any atom is 0.115 e. The Morgan fingerprint density at radius 2 is 1.93 bits per heavy atom. The first kappa shape index (κ1) is 7.32. The third-order valence-electron chi connectivity index (χ3n) is 2.25. The topological polar surface area (TPSA) is 50.9 Å². The van der Waals surface area contributed by atoms with E-state index in [1.54, 1.807) is 12.4 Å². The number of fused-ring (bicyclic) bond motifs is 3. The lowest BCUT2D eigenvalue weighted by Gasteiger charge is -1.95. The Morgan fingerprint density at radius 1 is 1.07 bits per heavy atom. The molecule has 4 nitrogen and oxygen atoms in total. The minimum atomic E-state index is 0.700. The van der Waals surface area contributed by atoms with Gasteiger partial charge in [-0.05, 0) is 6.07 Å². The van der Waals surface area contributed by atoms with Crippen molar-refractivity contribution in [3.63, 3.8) is 0 Å². The Hall–Kier alpha value is -2.10. The second-order valence-corrected chi connectivity index (χ2v) is 3.12. The fourth-order valence-corrected chi connectivity index (χ4v) is 1.62. The molecule has 0 aliphatic heterocycles. The van der Waals surface area contributed by atoms with Crippen molar-refractivity contribution in [3.05, 3.63) is 36.7 Å². The summed E-state index contributed by atoms with van der Waals surface area (Å²) in [7, 11) is 0. The van der Waals surface area contributed by atoms with E-state index >= 15 is 0 Å². The van der Waals surface area contributed by atoms with Gasteiger partial charge >= 0.3 is 0 Å². The van der Waals surface area contributed by atoms with E-state index in [1.165, 1.54) is 0 Å². The maximum atomic E-state index is 9.19. The number of pyridine rings is 1. The highest BCUT2D eigenvalue weighted by atomic mass is 16.5. The van der Waals surface area contributed by atoms with Gasteiger partial charge in [0.2, 0.25) is 0 Å². The van der Waals surface area contributed by atoms with Crippen LogP contribution in [-0.4, -0.2) is 20.1 Å². The summed E-state index contributed by atoms with van der Waals surface area (Å²) in [4.78, 5) is 5.05. The molecule has 4 heteroatoms. The molecule has 0 radical (unpaired) electrons. The van der Waals surface area contributed by atoms with Gasteiger partial charge in [-0.1, -0.05) is 18.2 Å².